The highest BCUT2D eigenvalue weighted by Gasteiger charge is 2.23. The van der Waals surface area contributed by atoms with Gasteiger partial charge in [0.25, 0.3) is 5.96 Å². The van der Waals surface area contributed by atoms with E-state index in [-0.39, 0.29) is 6.04 Å². The molecule has 0 heterocycles. The molecule has 6 heteroatoms. The second kappa shape index (κ2) is 3.75. The highest BCUT2D eigenvalue weighted by Crippen LogP contribution is 2.01. The molecule has 0 saturated carbocycles. The smallest absolute Gasteiger partial charge is 0.252 e. The average Bonchev–Trinajstić information content (AvgIpc) is 1.85. The Labute approximate surface area is 64.6 Å². The Morgan fingerprint density at radius 2 is 2.36 bits per heavy atom. The van der Waals surface area contributed by atoms with Crippen LogP contribution in [0.4, 0.5) is 0 Å². The predicted molar refractivity (Wildman–Crippen MR) is 40.5 cm³/mol. The lowest BCUT2D eigenvalue weighted by molar-refractivity contribution is -0.637. The molecule has 6 nitrogen and oxygen atoms in total. The molecule has 0 fully saturated rings. The van der Waals surface area contributed by atoms with Gasteiger partial charge in [0.2, 0.25) is 0 Å². The SMILES string of the molecule is CCC(C)N(C(=N)N)[N+](=O)[O-]. The molecule has 0 aliphatic heterocycles. The summed E-state index contributed by atoms with van der Waals surface area (Å²) in [6.07, 6.45) is 0.584. The second-order valence-electron chi connectivity index (χ2n) is 2.22. The first-order chi connectivity index (χ1) is 5.00. The molecule has 64 valence electrons. The molecule has 0 aromatic rings. The predicted octanol–water partition coefficient (Wildman–Crippen LogP) is 0.172. The van der Waals surface area contributed by atoms with Gasteiger partial charge in [-0.05, 0) is 13.3 Å². The first-order valence-corrected chi connectivity index (χ1v) is 3.28. The quantitative estimate of drug-likeness (QED) is 0.266. The molecule has 0 bridgehead atoms. The normalized spacial score (nSPS) is 12.2. The molecule has 0 aromatic carbocycles. The van der Waals surface area contributed by atoms with E-state index in [0.29, 0.717) is 11.4 Å². The van der Waals surface area contributed by atoms with Crippen LogP contribution >= 0.6 is 0 Å². The van der Waals surface area contributed by atoms with Crippen LogP contribution in [-0.2, 0) is 0 Å². The van der Waals surface area contributed by atoms with Crippen molar-refractivity contribution in [3.8, 4) is 0 Å². The van der Waals surface area contributed by atoms with Crippen molar-refractivity contribution in [3.05, 3.63) is 10.1 Å². The van der Waals surface area contributed by atoms with Gasteiger partial charge in [0.05, 0.1) is 6.04 Å². The molecule has 3 N–H and O–H groups in total. The number of nitrogens with one attached hydrogen (secondary N) is 1. The third-order valence-electron chi connectivity index (χ3n) is 1.43. The fraction of sp³-hybridized carbons (Fsp3) is 0.800. The van der Waals surface area contributed by atoms with Gasteiger partial charge in [-0.2, -0.15) is 0 Å². The summed E-state index contributed by atoms with van der Waals surface area (Å²) in [5.41, 5.74) is 4.98. The van der Waals surface area contributed by atoms with E-state index >= 15 is 0 Å². The van der Waals surface area contributed by atoms with Gasteiger partial charge < -0.3 is 5.73 Å². The number of nitro groups is 1. The maximum Gasteiger partial charge on any atom is 0.252 e. The summed E-state index contributed by atoms with van der Waals surface area (Å²) >= 11 is 0. The lowest BCUT2D eigenvalue weighted by Gasteiger charge is -2.16. The third kappa shape index (κ3) is 2.40. The zero-order valence-corrected chi connectivity index (χ0v) is 6.57. The Morgan fingerprint density at radius 3 is 2.45 bits per heavy atom. The molecule has 0 radical (unpaired) electrons. The minimum absolute atomic E-state index is 0.331. The van der Waals surface area contributed by atoms with Crippen molar-refractivity contribution in [2.45, 2.75) is 26.3 Å². The van der Waals surface area contributed by atoms with Gasteiger partial charge >= 0.3 is 0 Å². The Hall–Kier alpha value is -1.33. The topological polar surface area (TPSA) is 96.2 Å². The fourth-order valence-electron chi connectivity index (χ4n) is 0.659. The number of nitrogens with two attached hydrogens (primary N) is 1. The monoisotopic (exact) mass is 160 g/mol. The van der Waals surface area contributed by atoms with Gasteiger partial charge in [-0.25, -0.2) is 10.1 Å². The van der Waals surface area contributed by atoms with E-state index in [0.717, 1.165) is 0 Å². The molecule has 1 unspecified atom stereocenters. The number of rotatable bonds is 3. The molecule has 0 aliphatic carbocycles. The van der Waals surface area contributed by atoms with Crippen LogP contribution in [0.25, 0.3) is 0 Å². The van der Waals surface area contributed by atoms with Crippen LogP contribution in [0.15, 0.2) is 0 Å². The van der Waals surface area contributed by atoms with Crippen molar-refractivity contribution < 1.29 is 5.03 Å². The largest absolute Gasteiger partial charge is 0.365 e. The van der Waals surface area contributed by atoms with Crippen LogP contribution in [0.3, 0.4) is 0 Å². The van der Waals surface area contributed by atoms with Gasteiger partial charge in [0.1, 0.15) is 0 Å². The van der Waals surface area contributed by atoms with Crippen molar-refractivity contribution in [2.24, 2.45) is 5.73 Å². The first-order valence-electron chi connectivity index (χ1n) is 3.28. The van der Waals surface area contributed by atoms with Crippen LogP contribution in [0.5, 0.6) is 0 Å². The summed E-state index contributed by atoms with van der Waals surface area (Å²) < 4.78 is 0. The van der Waals surface area contributed by atoms with Gasteiger partial charge in [0.15, 0.2) is 5.03 Å². The van der Waals surface area contributed by atoms with E-state index in [1.165, 1.54) is 0 Å². The average molecular weight is 160 g/mol. The minimum Gasteiger partial charge on any atom is -0.365 e. The fourth-order valence-corrected chi connectivity index (χ4v) is 0.659. The van der Waals surface area contributed by atoms with Crippen molar-refractivity contribution in [1.29, 1.82) is 5.41 Å². The van der Waals surface area contributed by atoms with E-state index < -0.39 is 11.0 Å². The van der Waals surface area contributed by atoms with Crippen LogP contribution in [0.1, 0.15) is 20.3 Å². The summed E-state index contributed by atoms with van der Waals surface area (Å²) in [5, 5.41) is 17.1. The number of hydrogen-bond acceptors (Lipinski definition) is 3. The molecular formula is C5H12N4O2. The first kappa shape index (κ1) is 9.67. The van der Waals surface area contributed by atoms with Crippen molar-refractivity contribution in [2.75, 3.05) is 0 Å². The molecule has 0 aromatic heterocycles. The van der Waals surface area contributed by atoms with Crippen LogP contribution < -0.4 is 5.73 Å². The lowest BCUT2D eigenvalue weighted by atomic mass is 10.2. The maximum absolute atomic E-state index is 10.3. The van der Waals surface area contributed by atoms with Crippen molar-refractivity contribution >= 4 is 5.96 Å². The summed E-state index contributed by atoms with van der Waals surface area (Å²) in [4.78, 5) is 10.3. The molecular weight excluding hydrogens is 148 g/mol. The maximum atomic E-state index is 10.3. The van der Waals surface area contributed by atoms with Gasteiger partial charge in [-0.1, -0.05) is 11.9 Å². The van der Waals surface area contributed by atoms with E-state index in [1.54, 1.807) is 13.8 Å². The van der Waals surface area contributed by atoms with E-state index in [2.05, 4.69) is 0 Å². The summed E-state index contributed by atoms with van der Waals surface area (Å²) in [7, 11) is 0. The van der Waals surface area contributed by atoms with Crippen LogP contribution in [0.2, 0.25) is 0 Å². The molecule has 0 amide bonds. The Bertz CT molecular complexity index is 156. The molecule has 11 heavy (non-hydrogen) atoms. The summed E-state index contributed by atoms with van der Waals surface area (Å²) in [5.74, 6) is -0.524. The molecule has 0 spiro atoms. The molecule has 1 atom stereocenters. The van der Waals surface area contributed by atoms with E-state index in [1.807, 2.05) is 0 Å². The Balaban J connectivity index is 4.34. The van der Waals surface area contributed by atoms with Gasteiger partial charge in [0, 0.05) is 0 Å². The summed E-state index contributed by atoms with van der Waals surface area (Å²) in [6.45, 7) is 3.44. The van der Waals surface area contributed by atoms with Gasteiger partial charge in [-0.15, -0.1) is 0 Å². The summed E-state index contributed by atoms with van der Waals surface area (Å²) in [6, 6.07) is -0.331. The van der Waals surface area contributed by atoms with E-state index in [9.17, 15) is 10.1 Å². The second-order valence-corrected chi connectivity index (χ2v) is 2.22. The molecule has 0 aliphatic rings. The Morgan fingerprint density at radius 1 is 1.91 bits per heavy atom. The van der Waals surface area contributed by atoms with Gasteiger partial charge in [-0.3, -0.25) is 5.41 Å². The zero-order chi connectivity index (χ0) is 9.02. The Kier molecular flexibility index (Phi) is 3.29. The lowest BCUT2D eigenvalue weighted by Crippen LogP contribution is -2.46. The van der Waals surface area contributed by atoms with Crippen LogP contribution in [-0.4, -0.2) is 22.0 Å². The van der Waals surface area contributed by atoms with Crippen molar-refractivity contribution in [1.82, 2.24) is 5.01 Å². The highest BCUT2D eigenvalue weighted by molar-refractivity contribution is 5.73. The third-order valence-corrected chi connectivity index (χ3v) is 1.43. The standard InChI is InChI=1S/C5H12N4O2/c1-3-4(2)8(5(6)7)9(10)11/h4H,3H2,1-2H3,(H3,6,7). The number of hydrogen-bond donors (Lipinski definition) is 2. The number of nitrogens with zero attached hydrogens (tertiary/aromatic N) is 2. The number of hydrazine groups is 1. The molecule has 0 saturated heterocycles. The zero-order valence-electron chi connectivity index (χ0n) is 6.57. The minimum atomic E-state index is -0.670. The van der Waals surface area contributed by atoms with Crippen LogP contribution in [0, 0.1) is 15.5 Å². The van der Waals surface area contributed by atoms with E-state index in [4.69, 9.17) is 11.1 Å². The number of guanidine groups is 1. The molecule has 0 rings (SSSR count). The van der Waals surface area contributed by atoms with Crippen molar-refractivity contribution in [3.63, 3.8) is 0 Å². The highest BCUT2D eigenvalue weighted by atomic mass is 16.7.